The highest BCUT2D eigenvalue weighted by Crippen LogP contribution is 2.38. The zero-order chi connectivity index (χ0) is 11.1. The molecular formula is C9H9ClN6. The van der Waals surface area contributed by atoms with Gasteiger partial charge in [-0.3, -0.25) is 0 Å². The molecule has 0 aliphatic heterocycles. The third kappa shape index (κ3) is 1.71. The van der Waals surface area contributed by atoms with Gasteiger partial charge in [0.15, 0.2) is 0 Å². The highest BCUT2D eigenvalue weighted by Gasteiger charge is 2.26. The monoisotopic (exact) mass is 236 g/mol. The molecule has 0 aromatic carbocycles. The Bertz CT molecular complexity index is 512. The molecule has 7 heteroatoms. The lowest BCUT2D eigenvalue weighted by molar-refractivity contribution is 0.776. The van der Waals surface area contributed by atoms with Crippen LogP contribution in [0.3, 0.4) is 0 Å². The Morgan fingerprint density at radius 3 is 2.81 bits per heavy atom. The summed E-state index contributed by atoms with van der Waals surface area (Å²) in [6, 6.07) is 1.96. The van der Waals surface area contributed by atoms with Gasteiger partial charge in [0.25, 0.3) is 5.95 Å². The summed E-state index contributed by atoms with van der Waals surface area (Å²) < 4.78 is 1.57. The molecule has 0 radical (unpaired) electrons. The molecule has 16 heavy (non-hydrogen) atoms. The summed E-state index contributed by atoms with van der Waals surface area (Å²) in [6.07, 6.45) is 4.22. The molecule has 0 amide bonds. The van der Waals surface area contributed by atoms with Gasteiger partial charge in [-0.05, 0) is 30.5 Å². The van der Waals surface area contributed by atoms with E-state index >= 15 is 0 Å². The lowest BCUT2D eigenvalue weighted by atomic mass is 10.3. The summed E-state index contributed by atoms with van der Waals surface area (Å²) in [6.45, 7) is 0. The quantitative estimate of drug-likeness (QED) is 0.846. The number of nitrogen functional groups attached to an aromatic ring is 1. The van der Waals surface area contributed by atoms with Crippen molar-refractivity contribution < 1.29 is 0 Å². The van der Waals surface area contributed by atoms with Gasteiger partial charge in [-0.2, -0.15) is 20.1 Å². The number of nitrogens with two attached hydrogens (primary N) is 1. The van der Waals surface area contributed by atoms with Crippen molar-refractivity contribution in [3.63, 3.8) is 0 Å². The Hall–Kier alpha value is -1.69. The van der Waals surface area contributed by atoms with Crippen LogP contribution in [0.2, 0.25) is 5.28 Å². The summed E-state index contributed by atoms with van der Waals surface area (Å²) >= 11 is 5.70. The first-order valence-corrected chi connectivity index (χ1v) is 5.33. The number of hydrogen-bond acceptors (Lipinski definition) is 5. The van der Waals surface area contributed by atoms with E-state index in [0.717, 1.165) is 5.69 Å². The number of hydrogen-bond donors (Lipinski definition) is 1. The normalized spacial score (nSPS) is 15.3. The first-order chi connectivity index (χ1) is 7.72. The third-order valence-corrected chi connectivity index (χ3v) is 2.59. The second kappa shape index (κ2) is 3.41. The fourth-order valence-electron chi connectivity index (χ4n) is 1.50. The van der Waals surface area contributed by atoms with Crippen LogP contribution < -0.4 is 5.73 Å². The fourth-order valence-corrected chi connectivity index (χ4v) is 1.67. The molecular weight excluding hydrogens is 228 g/mol. The maximum atomic E-state index is 5.70. The van der Waals surface area contributed by atoms with Crippen molar-refractivity contribution in [2.24, 2.45) is 0 Å². The van der Waals surface area contributed by atoms with Crippen molar-refractivity contribution in [1.82, 2.24) is 24.7 Å². The summed E-state index contributed by atoms with van der Waals surface area (Å²) in [5, 5.41) is 4.45. The van der Waals surface area contributed by atoms with Crippen molar-refractivity contribution in [2.75, 3.05) is 5.73 Å². The van der Waals surface area contributed by atoms with Crippen LogP contribution in [0.4, 0.5) is 5.95 Å². The minimum Gasteiger partial charge on any atom is -0.368 e. The van der Waals surface area contributed by atoms with E-state index in [2.05, 4.69) is 20.1 Å². The average Bonchev–Trinajstić information content (AvgIpc) is 2.95. The molecule has 0 spiro atoms. The van der Waals surface area contributed by atoms with Crippen LogP contribution in [0, 0.1) is 0 Å². The van der Waals surface area contributed by atoms with Gasteiger partial charge in [0, 0.05) is 12.1 Å². The highest BCUT2D eigenvalue weighted by atomic mass is 35.5. The van der Waals surface area contributed by atoms with E-state index in [0.29, 0.717) is 11.9 Å². The molecule has 1 aliphatic rings. The second-order valence-corrected chi connectivity index (χ2v) is 4.06. The van der Waals surface area contributed by atoms with Crippen LogP contribution in [0.15, 0.2) is 12.3 Å². The van der Waals surface area contributed by atoms with Crippen molar-refractivity contribution in [1.29, 1.82) is 0 Å². The molecule has 0 unspecified atom stereocenters. The van der Waals surface area contributed by atoms with Crippen LogP contribution in [0.5, 0.6) is 0 Å². The topological polar surface area (TPSA) is 82.5 Å². The second-order valence-electron chi connectivity index (χ2n) is 3.72. The van der Waals surface area contributed by atoms with E-state index in [1.165, 1.54) is 12.8 Å². The van der Waals surface area contributed by atoms with Gasteiger partial charge in [0.2, 0.25) is 11.2 Å². The van der Waals surface area contributed by atoms with E-state index in [4.69, 9.17) is 17.3 Å². The molecule has 2 heterocycles. The zero-order valence-electron chi connectivity index (χ0n) is 8.34. The SMILES string of the molecule is Nc1nc(Cl)nc(-n2ccc(C3CC3)n2)n1. The van der Waals surface area contributed by atoms with Gasteiger partial charge in [0.1, 0.15) is 0 Å². The Morgan fingerprint density at radius 2 is 2.12 bits per heavy atom. The molecule has 82 valence electrons. The van der Waals surface area contributed by atoms with Crippen LogP contribution in [0.1, 0.15) is 24.5 Å². The largest absolute Gasteiger partial charge is 0.368 e. The summed E-state index contributed by atoms with van der Waals surface area (Å²) in [5.74, 6) is 1.04. The van der Waals surface area contributed by atoms with Gasteiger partial charge in [-0.25, -0.2) is 4.68 Å². The molecule has 2 aromatic heterocycles. The van der Waals surface area contributed by atoms with Gasteiger partial charge in [-0.15, -0.1) is 0 Å². The summed E-state index contributed by atoms with van der Waals surface area (Å²) in [4.78, 5) is 11.6. The molecule has 3 rings (SSSR count). The van der Waals surface area contributed by atoms with Crippen LogP contribution in [0.25, 0.3) is 5.95 Å². The highest BCUT2D eigenvalue weighted by molar-refractivity contribution is 6.28. The van der Waals surface area contributed by atoms with Gasteiger partial charge in [-0.1, -0.05) is 0 Å². The van der Waals surface area contributed by atoms with E-state index < -0.39 is 0 Å². The van der Waals surface area contributed by atoms with Gasteiger partial charge in [0.05, 0.1) is 5.69 Å². The maximum Gasteiger partial charge on any atom is 0.256 e. The zero-order valence-corrected chi connectivity index (χ0v) is 9.09. The molecule has 1 saturated carbocycles. The minimum atomic E-state index is 0.0750. The number of nitrogens with zero attached hydrogens (tertiary/aromatic N) is 5. The molecule has 1 aliphatic carbocycles. The Labute approximate surface area is 96.5 Å². The lowest BCUT2D eigenvalue weighted by Gasteiger charge is -2.00. The summed E-state index contributed by atoms with van der Waals surface area (Å²) in [7, 11) is 0. The smallest absolute Gasteiger partial charge is 0.256 e. The van der Waals surface area contributed by atoms with E-state index in [9.17, 15) is 0 Å². The number of aromatic nitrogens is 5. The predicted octanol–water partition coefficient (Wildman–Crippen LogP) is 1.17. The Kier molecular flexibility index (Phi) is 2.03. The van der Waals surface area contributed by atoms with Crippen LogP contribution in [-0.4, -0.2) is 24.7 Å². The van der Waals surface area contributed by atoms with Gasteiger partial charge >= 0.3 is 0 Å². The molecule has 2 aromatic rings. The van der Waals surface area contributed by atoms with E-state index in [-0.39, 0.29) is 11.2 Å². The predicted molar refractivity (Wildman–Crippen MR) is 58.3 cm³/mol. The van der Waals surface area contributed by atoms with Crippen molar-refractivity contribution in [3.8, 4) is 5.95 Å². The first-order valence-electron chi connectivity index (χ1n) is 4.95. The number of halogens is 1. The molecule has 0 saturated heterocycles. The summed E-state index contributed by atoms with van der Waals surface area (Å²) in [5.41, 5.74) is 6.55. The number of anilines is 1. The standard InChI is InChI=1S/C9H9ClN6/c10-7-12-8(11)14-9(13-7)16-4-3-6(15-16)5-1-2-5/h3-5H,1-2H2,(H2,11,12,13,14). The Balaban J connectivity index is 2.00. The maximum absolute atomic E-state index is 5.70. The van der Waals surface area contributed by atoms with Crippen molar-refractivity contribution in [3.05, 3.63) is 23.2 Å². The molecule has 0 bridgehead atoms. The Morgan fingerprint density at radius 1 is 1.31 bits per heavy atom. The molecule has 1 fully saturated rings. The van der Waals surface area contributed by atoms with Gasteiger partial charge < -0.3 is 5.73 Å². The first kappa shape index (κ1) is 9.53. The van der Waals surface area contributed by atoms with Crippen molar-refractivity contribution >= 4 is 17.5 Å². The van der Waals surface area contributed by atoms with Crippen molar-refractivity contribution in [2.45, 2.75) is 18.8 Å². The molecule has 2 N–H and O–H groups in total. The molecule has 6 nitrogen and oxygen atoms in total. The van der Waals surface area contributed by atoms with E-state index in [1.807, 2.05) is 6.07 Å². The number of rotatable bonds is 2. The van der Waals surface area contributed by atoms with Crippen LogP contribution >= 0.6 is 11.6 Å². The van der Waals surface area contributed by atoms with Crippen LogP contribution in [-0.2, 0) is 0 Å². The fraction of sp³-hybridized carbons (Fsp3) is 0.333. The minimum absolute atomic E-state index is 0.0750. The van der Waals surface area contributed by atoms with E-state index in [1.54, 1.807) is 10.9 Å². The third-order valence-electron chi connectivity index (χ3n) is 2.42. The average molecular weight is 237 g/mol. The molecule has 0 atom stereocenters. The lowest BCUT2D eigenvalue weighted by Crippen LogP contribution is -2.06.